The van der Waals surface area contributed by atoms with Crippen molar-refractivity contribution in [1.82, 2.24) is 0 Å². The summed E-state index contributed by atoms with van der Waals surface area (Å²) in [5.41, 5.74) is 0.691. The third-order valence-corrected chi connectivity index (χ3v) is 24.2. The summed E-state index contributed by atoms with van der Waals surface area (Å²) in [6.07, 6.45) is 7.24. The maximum absolute atomic E-state index is 14.0. The topological polar surface area (TPSA) is 100 Å². The molecule has 0 radical (unpaired) electrons. The molecule has 0 bridgehead atoms. The van der Waals surface area contributed by atoms with E-state index in [9.17, 15) is 4.79 Å². The highest BCUT2D eigenvalue weighted by atomic mass is 28.4. The Morgan fingerprint density at radius 3 is 1.88 bits per heavy atom. The van der Waals surface area contributed by atoms with Crippen molar-refractivity contribution in [3.05, 3.63) is 96.1 Å². The molecule has 0 N–H and O–H groups in total. The molecule has 1 fully saturated rings. The Morgan fingerprint density at radius 2 is 1.38 bits per heavy atom. The standard InChI is InChI=1S/C53H82O10Si3/c1-38(39(2)62-66(52(6,7)8,40-26-21-19-22-27-40)41-28-23-20-24-29-41)32-33-44(63-65(17,18)51(3,4)5)49-43(60-53(9,10)61-49)31-25-30-42-47(50(54)58-34-35-64(14,15)16)45(59-37-55-11)36-46(56-12)48(42)57-13/h19-30,32-33,36,38-39,43-44,49H,31,34-35,37H2,1-18H3/t38-,39+,43+,44?,49+/m1/s1. The van der Waals surface area contributed by atoms with Gasteiger partial charge in [0.1, 0.15) is 17.4 Å². The molecule has 13 heteroatoms. The van der Waals surface area contributed by atoms with E-state index in [2.05, 4.69) is 161 Å². The monoisotopic (exact) mass is 963 g/mol. The molecule has 5 atom stereocenters. The average molecular weight is 963 g/mol. The van der Waals surface area contributed by atoms with Crippen molar-refractivity contribution in [2.24, 2.45) is 5.92 Å². The summed E-state index contributed by atoms with van der Waals surface area (Å²) >= 11 is 0. The number of hydrogen-bond acceptors (Lipinski definition) is 10. The van der Waals surface area contributed by atoms with Crippen LogP contribution in [-0.2, 0) is 27.8 Å². The first-order chi connectivity index (χ1) is 30.7. The SMILES string of the molecule is COCOc1cc(OC)c(OC)c(C=CC[C@@H]2OC(C)(C)O[C@@H]2C(C=C[C@@H](C)[C@H](C)O[Si](c2ccccc2)(c2ccccc2)C(C)(C)C)O[Si](C)(C)C(C)(C)C)c1C(=O)OCC[Si](C)(C)C. The molecule has 1 unspecified atom stereocenters. The van der Waals surface area contributed by atoms with E-state index >= 15 is 0 Å². The zero-order chi connectivity index (χ0) is 49.3. The zero-order valence-electron chi connectivity index (χ0n) is 43.5. The molecule has 0 spiro atoms. The molecule has 10 nitrogen and oxygen atoms in total. The summed E-state index contributed by atoms with van der Waals surface area (Å²) in [6.45, 7) is 33.5. The van der Waals surface area contributed by atoms with Crippen LogP contribution in [-0.4, -0.2) is 95.6 Å². The van der Waals surface area contributed by atoms with Gasteiger partial charge in [0.25, 0.3) is 8.32 Å². The molecular formula is C53H82O10Si3. The van der Waals surface area contributed by atoms with Gasteiger partial charge < -0.3 is 42.0 Å². The number of carbonyl (C=O) groups excluding carboxylic acids is 1. The van der Waals surface area contributed by atoms with Crippen molar-refractivity contribution in [3.8, 4) is 17.2 Å². The van der Waals surface area contributed by atoms with E-state index < -0.39 is 54.8 Å². The van der Waals surface area contributed by atoms with Crippen molar-refractivity contribution in [2.45, 2.75) is 155 Å². The van der Waals surface area contributed by atoms with Gasteiger partial charge in [-0.3, -0.25) is 0 Å². The largest absolute Gasteiger partial charge is 0.493 e. The van der Waals surface area contributed by atoms with Gasteiger partial charge in [0, 0.05) is 32.9 Å². The van der Waals surface area contributed by atoms with Crippen LogP contribution in [0.5, 0.6) is 17.2 Å². The molecule has 1 saturated heterocycles. The number of esters is 1. The van der Waals surface area contributed by atoms with Gasteiger partial charge in [-0.05, 0) is 72.7 Å². The third kappa shape index (κ3) is 13.8. The van der Waals surface area contributed by atoms with Crippen LogP contribution in [0, 0.1) is 5.92 Å². The number of rotatable bonds is 22. The molecule has 366 valence electrons. The highest BCUT2D eigenvalue weighted by molar-refractivity contribution is 6.99. The first-order valence-corrected chi connectivity index (χ1v) is 32.0. The van der Waals surface area contributed by atoms with E-state index in [0.29, 0.717) is 30.1 Å². The van der Waals surface area contributed by atoms with E-state index in [4.69, 9.17) is 42.0 Å². The molecule has 1 aliphatic rings. The lowest BCUT2D eigenvalue weighted by Crippen LogP contribution is -2.67. The molecule has 1 heterocycles. The van der Waals surface area contributed by atoms with Gasteiger partial charge in [0.05, 0.1) is 33.0 Å². The Bertz CT molecular complexity index is 2030. The van der Waals surface area contributed by atoms with Crippen LogP contribution in [0.4, 0.5) is 0 Å². The fourth-order valence-corrected chi connectivity index (χ4v) is 14.8. The van der Waals surface area contributed by atoms with Crippen LogP contribution >= 0.6 is 0 Å². The lowest BCUT2D eigenvalue weighted by molar-refractivity contribution is -0.151. The minimum absolute atomic E-state index is 0.0183. The van der Waals surface area contributed by atoms with Crippen molar-refractivity contribution in [2.75, 3.05) is 34.7 Å². The summed E-state index contributed by atoms with van der Waals surface area (Å²) in [7, 11) is -2.04. The lowest BCUT2D eigenvalue weighted by Gasteiger charge is -2.45. The van der Waals surface area contributed by atoms with E-state index in [1.54, 1.807) is 20.3 Å². The first-order valence-electron chi connectivity index (χ1n) is 23.5. The van der Waals surface area contributed by atoms with E-state index in [0.717, 1.165) is 6.04 Å². The number of hydrogen-bond donors (Lipinski definition) is 0. The molecule has 0 amide bonds. The molecule has 3 aromatic carbocycles. The van der Waals surface area contributed by atoms with E-state index in [1.165, 1.54) is 17.5 Å². The maximum atomic E-state index is 14.0. The summed E-state index contributed by atoms with van der Waals surface area (Å²) < 4.78 is 57.1. The molecule has 0 saturated carbocycles. The van der Waals surface area contributed by atoms with Crippen LogP contribution in [0.1, 0.15) is 91.6 Å². The summed E-state index contributed by atoms with van der Waals surface area (Å²) in [4.78, 5) is 14.0. The van der Waals surface area contributed by atoms with Crippen LogP contribution in [0.2, 0.25) is 48.9 Å². The van der Waals surface area contributed by atoms with Gasteiger partial charge in [0.2, 0.25) is 0 Å². The van der Waals surface area contributed by atoms with Gasteiger partial charge in [0.15, 0.2) is 32.4 Å². The number of benzene rings is 3. The van der Waals surface area contributed by atoms with Crippen LogP contribution in [0.3, 0.4) is 0 Å². The smallest absolute Gasteiger partial charge is 0.342 e. The summed E-state index contributed by atoms with van der Waals surface area (Å²) in [5.74, 6) is -0.350. The predicted octanol–water partition coefficient (Wildman–Crippen LogP) is 11.7. The van der Waals surface area contributed by atoms with Crippen molar-refractivity contribution in [3.63, 3.8) is 0 Å². The summed E-state index contributed by atoms with van der Waals surface area (Å²) in [6, 6.07) is 24.0. The highest BCUT2D eigenvalue weighted by Crippen LogP contribution is 2.44. The van der Waals surface area contributed by atoms with Crippen LogP contribution in [0.25, 0.3) is 6.08 Å². The Morgan fingerprint density at radius 1 is 0.788 bits per heavy atom. The van der Waals surface area contributed by atoms with E-state index in [-0.39, 0.29) is 40.2 Å². The molecule has 0 aliphatic carbocycles. The number of ether oxygens (including phenoxy) is 7. The van der Waals surface area contributed by atoms with Gasteiger partial charge in [-0.1, -0.05) is 153 Å². The average Bonchev–Trinajstić information content (AvgIpc) is 3.55. The normalized spacial score (nSPS) is 18.6. The van der Waals surface area contributed by atoms with E-state index in [1.807, 2.05) is 26.0 Å². The summed E-state index contributed by atoms with van der Waals surface area (Å²) in [5, 5.41) is 2.26. The van der Waals surface area contributed by atoms with Crippen LogP contribution < -0.4 is 24.6 Å². The van der Waals surface area contributed by atoms with Gasteiger partial charge in [-0.15, -0.1) is 0 Å². The minimum atomic E-state index is -2.81. The van der Waals surface area contributed by atoms with Crippen molar-refractivity contribution < 1.29 is 46.8 Å². The lowest BCUT2D eigenvalue weighted by atomic mass is 9.99. The third-order valence-electron chi connectivity index (χ3n) is 12.9. The molecule has 4 rings (SSSR count). The Labute approximate surface area is 401 Å². The maximum Gasteiger partial charge on any atom is 0.342 e. The quantitative estimate of drug-likeness (QED) is 0.0419. The Balaban J connectivity index is 1.76. The predicted molar refractivity (Wildman–Crippen MR) is 277 cm³/mol. The fraction of sp³-hybridized carbons (Fsp3) is 0.566. The second kappa shape index (κ2) is 22.7. The van der Waals surface area contributed by atoms with Crippen molar-refractivity contribution in [1.29, 1.82) is 0 Å². The van der Waals surface area contributed by atoms with Crippen molar-refractivity contribution >= 4 is 47.1 Å². The van der Waals surface area contributed by atoms with Gasteiger partial charge in [-0.25, -0.2) is 4.79 Å². The van der Waals surface area contributed by atoms with Crippen LogP contribution in [0.15, 0.2) is 85.0 Å². The minimum Gasteiger partial charge on any atom is -0.493 e. The Hall–Kier alpha value is -3.54. The molecular weight excluding hydrogens is 881 g/mol. The van der Waals surface area contributed by atoms with Gasteiger partial charge in [-0.2, -0.15) is 0 Å². The number of carbonyl (C=O) groups is 1. The highest BCUT2D eigenvalue weighted by Gasteiger charge is 2.52. The molecule has 0 aromatic heterocycles. The number of methoxy groups -OCH3 is 3. The zero-order valence-corrected chi connectivity index (χ0v) is 46.5. The fourth-order valence-electron chi connectivity index (χ4n) is 8.02. The second-order valence-corrected chi connectivity index (χ2v) is 36.4. The molecule has 66 heavy (non-hydrogen) atoms. The van der Waals surface area contributed by atoms with Gasteiger partial charge >= 0.3 is 5.97 Å². The second-order valence-electron chi connectivity index (χ2n) is 21.7. The molecule has 1 aliphatic heterocycles. The molecule has 3 aromatic rings. The first kappa shape index (κ1) is 55.1. The Kier molecular flexibility index (Phi) is 18.9.